The van der Waals surface area contributed by atoms with Crippen LogP contribution in [0, 0.1) is 11.3 Å². The van der Waals surface area contributed by atoms with Gasteiger partial charge in [-0.1, -0.05) is 11.6 Å². The Morgan fingerprint density at radius 3 is 2.27 bits per heavy atom. The fourth-order valence-corrected chi connectivity index (χ4v) is 2.17. The maximum atomic E-state index is 11.9. The van der Waals surface area contributed by atoms with Gasteiger partial charge >= 0.3 is 5.97 Å². The van der Waals surface area contributed by atoms with Gasteiger partial charge in [0, 0.05) is 22.7 Å². The lowest BCUT2D eigenvalue weighted by molar-refractivity contribution is -0.147. The summed E-state index contributed by atoms with van der Waals surface area (Å²) in [6.45, 7) is -0.450. The number of esters is 1. The van der Waals surface area contributed by atoms with E-state index >= 15 is 0 Å². The van der Waals surface area contributed by atoms with Crippen LogP contribution in [0.15, 0.2) is 48.5 Å². The zero-order valence-corrected chi connectivity index (χ0v) is 14.5. The summed E-state index contributed by atoms with van der Waals surface area (Å²) in [5.41, 5.74) is 1.42. The fourth-order valence-electron chi connectivity index (χ4n) is 2.04. The Labute approximate surface area is 155 Å². The molecule has 2 rings (SSSR count). The molecule has 0 aliphatic heterocycles. The first kappa shape index (κ1) is 19.2. The van der Waals surface area contributed by atoms with Crippen LogP contribution in [-0.4, -0.2) is 24.3 Å². The van der Waals surface area contributed by atoms with Crippen molar-refractivity contribution >= 4 is 34.9 Å². The number of halogens is 1. The van der Waals surface area contributed by atoms with Crippen LogP contribution in [0.5, 0.6) is 0 Å². The van der Waals surface area contributed by atoms with E-state index in [1.165, 1.54) is 0 Å². The third-order valence-corrected chi connectivity index (χ3v) is 3.64. The number of nitrogens with one attached hydrogen (secondary N) is 1. The minimum atomic E-state index is -0.637. The Morgan fingerprint density at radius 1 is 1.00 bits per heavy atom. The molecule has 0 saturated heterocycles. The zero-order chi connectivity index (χ0) is 18.9. The lowest BCUT2D eigenvalue weighted by Crippen LogP contribution is -2.21. The molecular weight excluding hydrogens is 356 g/mol. The van der Waals surface area contributed by atoms with Crippen LogP contribution in [0.2, 0.25) is 5.02 Å². The topological polar surface area (TPSA) is 96.3 Å². The van der Waals surface area contributed by atoms with Crippen LogP contribution in [0.25, 0.3) is 0 Å². The Balaban J connectivity index is 1.72. The fraction of sp³-hybridized carbons (Fsp3) is 0.158. The zero-order valence-electron chi connectivity index (χ0n) is 13.7. The molecule has 2 aromatic rings. The summed E-state index contributed by atoms with van der Waals surface area (Å²) in [4.78, 5) is 35.3. The van der Waals surface area contributed by atoms with E-state index in [2.05, 4.69) is 5.32 Å². The number of carbonyl (C=O) groups is 3. The lowest BCUT2D eigenvalue weighted by Gasteiger charge is -2.06. The first-order valence-corrected chi connectivity index (χ1v) is 8.10. The molecule has 2 aromatic carbocycles. The second-order valence-electron chi connectivity index (χ2n) is 5.33. The van der Waals surface area contributed by atoms with Gasteiger partial charge in [0.15, 0.2) is 12.4 Å². The molecule has 0 unspecified atom stereocenters. The number of benzene rings is 2. The van der Waals surface area contributed by atoms with Gasteiger partial charge in [0.1, 0.15) is 0 Å². The van der Waals surface area contributed by atoms with Gasteiger partial charge in [-0.05, 0) is 48.5 Å². The number of hydrogen-bond donors (Lipinski definition) is 1. The molecule has 0 aromatic heterocycles. The molecule has 6 nitrogen and oxygen atoms in total. The predicted molar refractivity (Wildman–Crippen MR) is 95.8 cm³/mol. The Bertz CT molecular complexity index is 839. The summed E-state index contributed by atoms with van der Waals surface area (Å²) in [7, 11) is 0. The van der Waals surface area contributed by atoms with E-state index in [4.69, 9.17) is 21.6 Å². The number of ketones is 1. The highest BCUT2D eigenvalue weighted by atomic mass is 35.5. The largest absolute Gasteiger partial charge is 0.456 e. The monoisotopic (exact) mass is 370 g/mol. The highest BCUT2D eigenvalue weighted by Crippen LogP contribution is 2.12. The van der Waals surface area contributed by atoms with Gasteiger partial charge in [0.05, 0.1) is 18.1 Å². The molecule has 0 aliphatic rings. The number of hydrogen-bond acceptors (Lipinski definition) is 5. The molecule has 0 heterocycles. The van der Waals surface area contributed by atoms with Crippen molar-refractivity contribution < 1.29 is 19.1 Å². The number of Topliss-reactive ketones (excluding diaryl/α,β-unsaturated/α-hetero) is 1. The molecule has 26 heavy (non-hydrogen) atoms. The number of ether oxygens (including phenoxy) is 1. The summed E-state index contributed by atoms with van der Waals surface area (Å²) >= 11 is 5.75. The van der Waals surface area contributed by atoms with Gasteiger partial charge < -0.3 is 10.1 Å². The van der Waals surface area contributed by atoms with Crippen molar-refractivity contribution in [3.63, 3.8) is 0 Å². The van der Waals surface area contributed by atoms with Crippen molar-refractivity contribution in [2.45, 2.75) is 12.8 Å². The van der Waals surface area contributed by atoms with Crippen LogP contribution >= 0.6 is 11.6 Å². The van der Waals surface area contributed by atoms with Crippen LogP contribution in [0.3, 0.4) is 0 Å². The molecular formula is C19H15ClN2O4. The highest BCUT2D eigenvalue weighted by Gasteiger charge is 2.12. The van der Waals surface area contributed by atoms with Gasteiger partial charge in [0.2, 0.25) is 0 Å². The predicted octanol–water partition coefficient (Wildman–Crippen LogP) is 3.36. The minimum absolute atomic E-state index is 0.0162. The van der Waals surface area contributed by atoms with Crippen LogP contribution in [-0.2, 0) is 14.3 Å². The van der Waals surface area contributed by atoms with Crippen molar-refractivity contribution in [2.75, 3.05) is 11.9 Å². The van der Waals surface area contributed by atoms with E-state index in [0.717, 1.165) is 0 Å². The third-order valence-electron chi connectivity index (χ3n) is 3.38. The van der Waals surface area contributed by atoms with Crippen LogP contribution in [0.4, 0.5) is 5.69 Å². The second kappa shape index (κ2) is 9.35. The van der Waals surface area contributed by atoms with E-state index < -0.39 is 18.5 Å². The van der Waals surface area contributed by atoms with Crippen molar-refractivity contribution in [1.82, 2.24) is 0 Å². The number of anilines is 1. The van der Waals surface area contributed by atoms with Gasteiger partial charge in [-0.25, -0.2) is 0 Å². The molecule has 7 heteroatoms. The number of nitrogens with zero attached hydrogens (tertiary/aromatic N) is 1. The van der Waals surface area contributed by atoms with Crippen molar-refractivity contribution in [3.05, 3.63) is 64.7 Å². The van der Waals surface area contributed by atoms with Crippen molar-refractivity contribution in [2.24, 2.45) is 0 Å². The molecule has 0 fully saturated rings. The summed E-state index contributed by atoms with van der Waals surface area (Å²) in [6.07, 6.45) is -0.136. The summed E-state index contributed by atoms with van der Waals surface area (Å²) < 4.78 is 4.85. The SMILES string of the molecule is N#Cc1ccc(NC(=O)COC(=O)CCC(=O)c2ccc(Cl)cc2)cc1. The number of amides is 1. The van der Waals surface area contributed by atoms with E-state index in [1.807, 2.05) is 6.07 Å². The normalized spacial score (nSPS) is 9.85. The smallest absolute Gasteiger partial charge is 0.306 e. The number of carbonyl (C=O) groups excluding carboxylic acids is 3. The molecule has 0 saturated carbocycles. The van der Waals surface area contributed by atoms with E-state index in [1.54, 1.807) is 48.5 Å². The molecule has 1 N–H and O–H groups in total. The molecule has 0 radical (unpaired) electrons. The second-order valence-corrected chi connectivity index (χ2v) is 5.76. The van der Waals surface area contributed by atoms with Gasteiger partial charge in [0.25, 0.3) is 5.91 Å². The molecule has 0 aliphatic carbocycles. The van der Waals surface area contributed by atoms with Crippen LogP contribution in [0.1, 0.15) is 28.8 Å². The minimum Gasteiger partial charge on any atom is -0.456 e. The highest BCUT2D eigenvalue weighted by molar-refractivity contribution is 6.30. The van der Waals surface area contributed by atoms with Gasteiger partial charge in [-0.15, -0.1) is 0 Å². The maximum Gasteiger partial charge on any atom is 0.306 e. The lowest BCUT2D eigenvalue weighted by atomic mass is 10.1. The molecule has 132 valence electrons. The van der Waals surface area contributed by atoms with Crippen molar-refractivity contribution in [3.8, 4) is 6.07 Å². The average molecular weight is 371 g/mol. The van der Waals surface area contributed by atoms with E-state index in [0.29, 0.717) is 21.8 Å². The molecule has 1 amide bonds. The summed E-state index contributed by atoms with van der Waals surface area (Å²) in [6, 6.07) is 14.6. The van der Waals surface area contributed by atoms with E-state index in [9.17, 15) is 14.4 Å². The quantitative estimate of drug-likeness (QED) is 0.595. The van der Waals surface area contributed by atoms with Gasteiger partial charge in [-0.2, -0.15) is 5.26 Å². The molecule has 0 spiro atoms. The maximum absolute atomic E-state index is 11.9. The van der Waals surface area contributed by atoms with Crippen LogP contribution < -0.4 is 5.32 Å². The molecule has 0 bridgehead atoms. The first-order chi connectivity index (χ1) is 12.5. The van der Waals surface area contributed by atoms with E-state index in [-0.39, 0.29) is 18.6 Å². The first-order valence-electron chi connectivity index (χ1n) is 7.72. The average Bonchev–Trinajstić information content (AvgIpc) is 2.65. The summed E-state index contributed by atoms with van der Waals surface area (Å²) in [5, 5.41) is 11.8. The standard InChI is InChI=1S/C19H15ClN2O4/c20-15-5-3-14(4-6-15)17(23)9-10-19(25)26-12-18(24)22-16-7-1-13(11-21)2-8-16/h1-8H,9-10,12H2,(H,22,24). The van der Waals surface area contributed by atoms with Crippen molar-refractivity contribution in [1.29, 1.82) is 5.26 Å². The number of nitriles is 1. The van der Waals surface area contributed by atoms with Gasteiger partial charge in [-0.3, -0.25) is 14.4 Å². The Morgan fingerprint density at radius 2 is 1.65 bits per heavy atom. The third kappa shape index (κ3) is 6.04. The number of rotatable bonds is 7. The Hall–Kier alpha value is -3.17. The molecule has 0 atom stereocenters. The summed E-state index contributed by atoms with van der Waals surface area (Å²) in [5.74, 6) is -1.35. The Kier molecular flexibility index (Phi) is 6.89.